The minimum Gasteiger partial charge on any atom is -0.481 e. The maximum atomic E-state index is 15.1. The SMILES string of the molecule is CCC(CN(C)S(=O)(=O)C1CC1)N1C(=O)[C@@](CCN2CCSCC2)(CC(=O)O)C[C@H](c2cccc(Cl)c2)[C@H]1c1ccc(Cl)cc1. The fourth-order valence-electron chi connectivity index (χ4n) is 7.06. The first-order chi connectivity index (χ1) is 21.4. The number of hydrogen-bond donors (Lipinski definition) is 1. The third kappa shape index (κ3) is 7.84. The van der Waals surface area contributed by atoms with Gasteiger partial charge < -0.3 is 14.9 Å². The smallest absolute Gasteiger partial charge is 0.304 e. The van der Waals surface area contributed by atoms with Crippen LogP contribution < -0.4 is 0 Å². The highest BCUT2D eigenvalue weighted by molar-refractivity contribution is 7.99. The van der Waals surface area contributed by atoms with Crippen LogP contribution in [0, 0.1) is 5.41 Å². The molecule has 0 bridgehead atoms. The van der Waals surface area contributed by atoms with E-state index in [4.69, 9.17) is 23.2 Å². The molecular formula is C33H43Cl2N3O5S2. The molecule has 0 radical (unpaired) electrons. The minimum atomic E-state index is -3.50. The summed E-state index contributed by atoms with van der Waals surface area (Å²) in [6, 6.07) is 14.0. The molecule has 5 rings (SSSR count). The number of nitrogens with zero attached hydrogens (tertiary/aromatic N) is 3. The zero-order chi connectivity index (χ0) is 32.4. The van der Waals surface area contributed by atoms with E-state index in [0.717, 1.165) is 35.7 Å². The quantitative estimate of drug-likeness (QED) is 0.268. The Kier molecular flexibility index (Phi) is 11.1. The number of amides is 1. The van der Waals surface area contributed by atoms with Crippen molar-refractivity contribution in [3.8, 4) is 0 Å². The lowest BCUT2D eigenvalue weighted by Gasteiger charge is -2.53. The summed E-state index contributed by atoms with van der Waals surface area (Å²) in [6.07, 6.45) is 2.21. The molecule has 1 unspecified atom stereocenters. The van der Waals surface area contributed by atoms with Crippen LogP contribution in [0.3, 0.4) is 0 Å². The molecular weight excluding hydrogens is 653 g/mol. The highest BCUT2D eigenvalue weighted by Crippen LogP contribution is 2.54. The van der Waals surface area contributed by atoms with Crippen LogP contribution in [-0.4, -0.2) is 95.5 Å². The second-order valence-electron chi connectivity index (χ2n) is 12.7. The van der Waals surface area contributed by atoms with Crippen LogP contribution in [0.5, 0.6) is 0 Å². The van der Waals surface area contributed by atoms with E-state index in [0.29, 0.717) is 48.7 Å². The molecule has 2 aliphatic heterocycles. The van der Waals surface area contributed by atoms with Gasteiger partial charge >= 0.3 is 5.97 Å². The molecule has 2 saturated heterocycles. The summed E-state index contributed by atoms with van der Waals surface area (Å²) in [7, 11) is -1.91. The van der Waals surface area contributed by atoms with Gasteiger partial charge in [-0.15, -0.1) is 0 Å². The predicted octanol–water partition coefficient (Wildman–Crippen LogP) is 6.15. The molecule has 4 atom stereocenters. The molecule has 0 spiro atoms. The number of likely N-dealkylation sites (tertiary alicyclic amines) is 1. The van der Waals surface area contributed by atoms with E-state index in [9.17, 15) is 18.3 Å². The first-order valence-corrected chi connectivity index (χ1v) is 19.2. The number of thioether (sulfide) groups is 1. The lowest BCUT2D eigenvalue weighted by Crippen LogP contribution is -2.59. The maximum absolute atomic E-state index is 15.1. The summed E-state index contributed by atoms with van der Waals surface area (Å²) in [5.74, 6) is 0.482. The van der Waals surface area contributed by atoms with Gasteiger partial charge in [0.15, 0.2) is 0 Å². The van der Waals surface area contributed by atoms with Crippen LogP contribution in [0.4, 0.5) is 0 Å². The van der Waals surface area contributed by atoms with E-state index in [-0.39, 0.29) is 30.0 Å². The molecule has 2 aromatic carbocycles. The second kappa shape index (κ2) is 14.5. The molecule has 8 nitrogen and oxygen atoms in total. The van der Waals surface area contributed by atoms with E-state index in [1.807, 2.05) is 53.9 Å². The topological polar surface area (TPSA) is 98.2 Å². The Morgan fingerprint density at radius 1 is 1.09 bits per heavy atom. The first-order valence-electron chi connectivity index (χ1n) is 15.8. The number of sulfonamides is 1. The van der Waals surface area contributed by atoms with Gasteiger partial charge in [0.1, 0.15) is 0 Å². The number of carboxylic acids is 1. The fraction of sp³-hybridized carbons (Fsp3) is 0.576. The second-order valence-corrected chi connectivity index (χ2v) is 17.1. The third-order valence-corrected chi connectivity index (χ3v) is 13.4. The van der Waals surface area contributed by atoms with Crippen LogP contribution >= 0.6 is 35.0 Å². The number of carboxylic acid groups (broad SMARTS) is 1. The number of likely N-dealkylation sites (N-methyl/N-ethyl adjacent to an activating group) is 1. The molecule has 246 valence electrons. The van der Waals surface area contributed by atoms with Gasteiger partial charge in [-0.25, -0.2) is 12.7 Å². The Morgan fingerprint density at radius 2 is 1.78 bits per heavy atom. The standard InChI is InChI=1S/C33H43Cl2N3O5S2/c1-3-27(22-36(2)45(42,43)28-11-12-28)38-31(23-7-9-25(34)10-8-23)29(24-5-4-6-26(35)19-24)20-33(32(38)41,21-30(39)40)13-14-37-15-17-44-18-16-37/h4-10,19,27-29,31H,3,11-18,20-22H2,1-2H3,(H,39,40)/t27?,29-,31-,33-/m1/s1. The van der Waals surface area contributed by atoms with Gasteiger partial charge in [-0.05, 0) is 74.0 Å². The zero-order valence-corrected chi connectivity index (χ0v) is 29.1. The Hall–Kier alpha value is -1.82. The lowest BCUT2D eigenvalue weighted by atomic mass is 9.64. The molecule has 1 aliphatic carbocycles. The summed E-state index contributed by atoms with van der Waals surface area (Å²) in [5, 5.41) is 11.0. The molecule has 45 heavy (non-hydrogen) atoms. The number of benzene rings is 2. The van der Waals surface area contributed by atoms with Crippen LogP contribution in [0.1, 0.15) is 68.5 Å². The maximum Gasteiger partial charge on any atom is 0.304 e. The van der Waals surface area contributed by atoms with Crippen LogP contribution in [0.2, 0.25) is 10.0 Å². The van der Waals surface area contributed by atoms with Gasteiger partial charge in [0.2, 0.25) is 15.9 Å². The van der Waals surface area contributed by atoms with Crippen molar-refractivity contribution in [3.05, 3.63) is 69.7 Å². The van der Waals surface area contributed by atoms with Gasteiger partial charge in [-0.1, -0.05) is 54.4 Å². The summed E-state index contributed by atoms with van der Waals surface area (Å²) >= 11 is 14.7. The van der Waals surface area contributed by atoms with Crippen molar-refractivity contribution < 1.29 is 23.1 Å². The van der Waals surface area contributed by atoms with Crippen molar-refractivity contribution >= 4 is 56.9 Å². The van der Waals surface area contributed by atoms with Crippen LogP contribution in [-0.2, 0) is 19.6 Å². The third-order valence-electron chi connectivity index (χ3n) is 9.68. The number of aliphatic carboxylic acids is 1. The number of piperidine rings is 1. The van der Waals surface area contributed by atoms with Crippen molar-refractivity contribution in [1.82, 2.24) is 14.1 Å². The Bertz CT molecular complexity index is 1470. The molecule has 1 amide bonds. The van der Waals surface area contributed by atoms with Crippen molar-refractivity contribution in [1.29, 1.82) is 0 Å². The Balaban J connectivity index is 1.64. The largest absolute Gasteiger partial charge is 0.481 e. The number of carbonyl (C=O) groups is 2. The van der Waals surface area contributed by atoms with E-state index in [1.165, 1.54) is 4.31 Å². The Labute approximate surface area is 281 Å². The average Bonchev–Trinajstić information content (AvgIpc) is 3.87. The Morgan fingerprint density at radius 3 is 2.38 bits per heavy atom. The predicted molar refractivity (Wildman–Crippen MR) is 182 cm³/mol. The van der Waals surface area contributed by atoms with Crippen molar-refractivity contribution in [2.75, 3.05) is 44.7 Å². The minimum absolute atomic E-state index is 0.125. The highest BCUT2D eigenvalue weighted by atomic mass is 35.5. The van der Waals surface area contributed by atoms with Crippen molar-refractivity contribution in [2.24, 2.45) is 5.41 Å². The van der Waals surface area contributed by atoms with Crippen LogP contribution in [0.25, 0.3) is 0 Å². The summed E-state index contributed by atoms with van der Waals surface area (Å²) in [5.41, 5.74) is 0.590. The van der Waals surface area contributed by atoms with E-state index < -0.39 is 33.5 Å². The number of rotatable bonds is 13. The molecule has 1 saturated carbocycles. The van der Waals surface area contributed by atoms with E-state index in [2.05, 4.69) is 4.90 Å². The zero-order valence-electron chi connectivity index (χ0n) is 25.9. The van der Waals surface area contributed by atoms with Gasteiger partial charge in [0, 0.05) is 60.2 Å². The molecule has 3 fully saturated rings. The molecule has 3 aliphatic rings. The van der Waals surface area contributed by atoms with E-state index >= 15 is 4.79 Å². The van der Waals surface area contributed by atoms with Gasteiger partial charge in [-0.3, -0.25) is 9.59 Å². The van der Waals surface area contributed by atoms with Gasteiger partial charge in [0.05, 0.1) is 23.1 Å². The number of halogens is 2. The monoisotopic (exact) mass is 695 g/mol. The fourth-order valence-corrected chi connectivity index (χ4v) is 9.99. The molecule has 1 N–H and O–H groups in total. The van der Waals surface area contributed by atoms with Gasteiger partial charge in [0.25, 0.3) is 0 Å². The molecule has 2 aromatic rings. The molecule has 2 heterocycles. The number of carbonyl (C=O) groups excluding carboxylic acids is 1. The first kappa shape index (κ1) is 34.5. The van der Waals surface area contributed by atoms with E-state index in [1.54, 1.807) is 25.2 Å². The lowest BCUT2D eigenvalue weighted by molar-refractivity contribution is -0.163. The molecule has 0 aromatic heterocycles. The average molecular weight is 697 g/mol. The number of hydrogen-bond acceptors (Lipinski definition) is 6. The van der Waals surface area contributed by atoms with Gasteiger partial charge in [-0.2, -0.15) is 11.8 Å². The van der Waals surface area contributed by atoms with Crippen LogP contribution in [0.15, 0.2) is 48.5 Å². The summed E-state index contributed by atoms with van der Waals surface area (Å²) in [6.45, 7) is 4.51. The molecule has 12 heteroatoms. The summed E-state index contributed by atoms with van der Waals surface area (Å²) in [4.78, 5) is 31.9. The highest BCUT2D eigenvalue weighted by Gasteiger charge is 2.55. The normalized spacial score (nSPS) is 25.4. The summed E-state index contributed by atoms with van der Waals surface area (Å²) < 4.78 is 28.0. The van der Waals surface area contributed by atoms with Crippen molar-refractivity contribution in [3.63, 3.8) is 0 Å². The van der Waals surface area contributed by atoms with Crippen molar-refractivity contribution in [2.45, 2.75) is 68.7 Å².